The molecule has 0 aromatic carbocycles. The lowest BCUT2D eigenvalue weighted by Crippen LogP contribution is -2.00. The summed E-state index contributed by atoms with van der Waals surface area (Å²) in [5.41, 5.74) is 0. The molecule has 4 nitrogen and oxygen atoms in total. The Morgan fingerprint density at radius 2 is 0.750 bits per heavy atom. The smallest absolute Gasteiger partial charge is 0.307 e. The Labute approximate surface area is 145 Å². The van der Waals surface area contributed by atoms with E-state index in [4.69, 9.17) is 10.2 Å². The van der Waals surface area contributed by atoms with Crippen LogP contribution in [-0.2, 0) is 9.59 Å². The fourth-order valence-corrected chi connectivity index (χ4v) is 5.42. The van der Waals surface area contributed by atoms with Crippen molar-refractivity contribution < 1.29 is 19.8 Å². The Balaban J connectivity index is 0.000000141. The highest BCUT2D eigenvalue weighted by Gasteiger charge is 2.54. The second kappa shape index (κ2) is 7.88. The van der Waals surface area contributed by atoms with E-state index in [0.717, 1.165) is 0 Å². The minimum Gasteiger partial charge on any atom is -0.481 e. The quantitative estimate of drug-likeness (QED) is 0.774. The van der Waals surface area contributed by atoms with Crippen molar-refractivity contribution in [3.05, 3.63) is 0 Å². The standard InChI is InChI=1S/2C10H16O2/c2*11-10(12)9-7-5-3-1-2-4-6-8(7)9/h2*7-9H,1-6H2,(H,11,12). The van der Waals surface area contributed by atoms with Gasteiger partial charge in [-0.15, -0.1) is 0 Å². The number of rotatable bonds is 2. The number of carboxylic acid groups (broad SMARTS) is 2. The molecule has 136 valence electrons. The summed E-state index contributed by atoms with van der Waals surface area (Å²) in [6.07, 6.45) is 15.0. The maximum absolute atomic E-state index is 10.8. The largest absolute Gasteiger partial charge is 0.481 e. The summed E-state index contributed by atoms with van der Waals surface area (Å²) >= 11 is 0. The van der Waals surface area contributed by atoms with E-state index >= 15 is 0 Å². The van der Waals surface area contributed by atoms with Crippen molar-refractivity contribution in [1.82, 2.24) is 0 Å². The Morgan fingerprint density at radius 3 is 0.958 bits per heavy atom. The molecule has 0 aromatic rings. The second-order valence-electron chi connectivity index (χ2n) is 8.37. The molecule has 0 saturated heterocycles. The van der Waals surface area contributed by atoms with Crippen LogP contribution < -0.4 is 0 Å². The van der Waals surface area contributed by atoms with Crippen LogP contribution in [-0.4, -0.2) is 22.2 Å². The zero-order valence-electron chi connectivity index (χ0n) is 14.7. The third-order valence-electron chi connectivity index (χ3n) is 6.88. The number of fused-ring (bicyclic) bond motifs is 2. The summed E-state index contributed by atoms with van der Waals surface area (Å²) in [5.74, 6) is 1.14. The normalized spacial score (nSPS) is 40.8. The molecule has 4 aliphatic rings. The first-order chi connectivity index (χ1) is 11.6. The van der Waals surface area contributed by atoms with Gasteiger partial charge in [-0.1, -0.05) is 51.4 Å². The van der Waals surface area contributed by atoms with Crippen LogP contribution in [0.2, 0.25) is 0 Å². The maximum Gasteiger partial charge on any atom is 0.307 e. The van der Waals surface area contributed by atoms with Gasteiger partial charge in [0.15, 0.2) is 0 Å². The first-order valence-corrected chi connectivity index (χ1v) is 10.1. The molecule has 0 spiro atoms. The number of aliphatic carboxylic acids is 2. The molecule has 4 heteroatoms. The van der Waals surface area contributed by atoms with E-state index in [1.807, 2.05) is 0 Å². The van der Waals surface area contributed by atoms with E-state index in [1.165, 1.54) is 77.0 Å². The first kappa shape index (κ1) is 17.8. The average Bonchev–Trinajstić information content (AvgIpc) is 3.34. The molecule has 0 bridgehead atoms. The van der Waals surface area contributed by atoms with Crippen LogP contribution >= 0.6 is 0 Å². The van der Waals surface area contributed by atoms with E-state index < -0.39 is 11.9 Å². The van der Waals surface area contributed by atoms with Gasteiger partial charge >= 0.3 is 11.9 Å². The zero-order chi connectivity index (χ0) is 17.1. The molecule has 0 radical (unpaired) electrons. The highest BCUT2D eigenvalue weighted by molar-refractivity contribution is 5.74. The summed E-state index contributed by atoms with van der Waals surface area (Å²) in [5, 5.41) is 17.7. The SMILES string of the molecule is O=C(O)C1C2CCCCCCC21.O=C(O)C1C2CCCCCCC21. The molecule has 4 atom stereocenters. The summed E-state index contributed by atoms with van der Waals surface area (Å²) in [6.45, 7) is 0. The summed E-state index contributed by atoms with van der Waals surface area (Å²) in [6, 6.07) is 0. The Hall–Kier alpha value is -1.06. The molecular weight excluding hydrogens is 304 g/mol. The minimum absolute atomic E-state index is 0.0306. The van der Waals surface area contributed by atoms with Crippen molar-refractivity contribution in [2.75, 3.05) is 0 Å². The van der Waals surface area contributed by atoms with E-state index in [1.54, 1.807) is 0 Å². The third kappa shape index (κ3) is 4.12. The van der Waals surface area contributed by atoms with E-state index in [9.17, 15) is 9.59 Å². The number of carbonyl (C=O) groups is 2. The van der Waals surface area contributed by atoms with Crippen molar-refractivity contribution in [2.24, 2.45) is 35.5 Å². The predicted octanol–water partition coefficient (Wildman–Crippen LogP) is 4.57. The van der Waals surface area contributed by atoms with Gasteiger partial charge in [-0.25, -0.2) is 0 Å². The predicted molar refractivity (Wildman–Crippen MR) is 91.6 cm³/mol. The Bertz CT molecular complexity index is 391. The van der Waals surface area contributed by atoms with Crippen LogP contribution in [0.4, 0.5) is 0 Å². The van der Waals surface area contributed by atoms with Crippen LogP contribution in [0.25, 0.3) is 0 Å². The van der Waals surface area contributed by atoms with Gasteiger partial charge in [0.05, 0.1) is 11.8 Å². The van der Waals surface area contributed by atoms with Crippen molar-refractivity contribution >= 4 is 11.9 Å². The van der Waals surface area contributed by atoms with Gasteiger partial charge in [0.1, 0.15) is 0 Å². The lowest BCUT2D eigenvalue weighted by atomic mass is 10.0. The van der Waals surface area contributed by atoms with Crippen LogP contribution in [0.5, 0.6) is 0 Å². The van der Waals surface area contributed by atoms with E-state index in [2.05, 4.69) is 0 Å². The molecule has 4 fully saturated rings. The number of hydrogen-bond donors (Lipinski definition) is 2. The molecule has 24 heavy (non-hydrogen) atoms. The minimum atomic E-state index is -0.549. The number of carboxylic acids is 2. The molecule has 2 N–H and O–H groups in total. The van der Waals surface area contributed by atoms with Gasteiger partial charge in [0.2, 0.25) is 0 Å². The molecule has 4 saturated carbocycles. The lowest BCUT2D eigenvalue weighted by Gasteiger charge is -2.04. The van der Waals surface area contributed by atoms with Crippen molar-refractivity contribution in [1.29, 1.82) is 0 Å². The highest BCUT2D eigenvalue weighted by Crippen LogP contribution is 2.54. The monoisotopic (exact) mass is 336 g/mol. The first-order valence-electron chi connectivity index (χ1n) is 10.1. The fourth-order valence-electron chi connectivity index (χ4n) is 5.42. The van der Waals surface area contributed by atoms with Crippen molar-refractivity contribution in [3.63, 3.8) is 0 Å². The van der Waals surface area contributed by atoms with Gasteiger partial charge in [-0.2, -0.15) is 0 Å². The van der Waals surface area contributed by atoms with Gasteiger partial charge in [-0.3, -0.25) is 9.59 Å². The van der Waals surface area contributed by atoms with Crippen molar-refractivity contribution in [2.45, 2.75) is 77.0 Å². The molecular formula is C20H32O4. The number of hydrogen-bond acceptors (Lipinski definition) is 2. The highest BCUT2D eigenvalue weighted by atomic mass is 16.4. The summed E-state index contributed by atoms with van der Waals surface area (Å²) < 4.78 is 0. The molecule has 0 aromatic heterocycles. The molecule has 0 amide bonds. The molecule has 4 unspecified atom stereocenters. The summed E-state index contributed by atoms with van der Waals surface area (Å²) in [4.78, 5) is 21.5. The van der Waals surface area contributed by atoms with Crippen LogP contribution in [0.1, 0.15) is 77.0 Å². The van der Waals surface area contributed by atoms with Gasteiger partial charge in [0.25, 0.3) is 0 Å². The average molecular weight is 336 g/mol. The molecule has 4 rings (SSSR count). The van der Waals surface area contributed by atoms with Crippen molar-refractivity contribution in [3.8, 4) is 0 Å². The fraction of sp³-hybridized carbons (Fsp3) is 0.900. The van der Waals surface area contributed by atoms with Gasteiger partial charge in [-0.05, 0) is 49.4 Å². The molecule has 4 aliphatic carbocycles. The summed E-state index contributed by atoms with van der Waals surface area (Å²) in [7, 11) is 0. The van der Waals surface area contributed by atoms with Crippen LogP contribution in [0, 0.1) is 35.5 Å². The molecule has 0 aliphatic heterocycles. The molecule has 0 heterocycles. The topological polar surface area (TPSA) is 74.6 Å². The third-order valence-corrected chi connectivity index (χ3v) is 6.88. The van der Waals surface area contributed by atoms with Gasteiger partial charge in [0, 0.05) is 0 Å². The van der Waals surface area contributed by atoms with Crippen LogP contribution in [0.3, 0.4) is 0 Å². The maximum atomic E-state index is 10.8. The van der Waals surface area contributed by atoms with Crippen LogP contribution in [0.15, 0.2) is 0 Å². The second-order valence-corrected chi connectivity index (χ2v) is 8.37. The van der Waals surface area contributed by atoms with Gasteiger partial charge < -0.3 is 10.2 Å². The van der Waals surface area contributed by atoms with E-state index in [0.29, 0.717) is 23.7 Å². The van der Waals surface area contributed by atoms with E-state index in [-0.39, 0.29) is 11.8 Å². The Kier molecular flexibility index (Phi) is 5.83. The Morgan fingerprint density at radius 1 is 0.500 bits per heavy atom. The zero-order valence-corrected chi connectivity index (χ0v) is 14.7. The lowest BCUT2D eigenvalue weighted by molar-refractivity contribution is -0.140.